The quantitative estimate of drug-likeness (QED) is 0.932. The van der Waals surface area contributed by atoms with Gasteiger partial charge in [-0.25, -0.2) is 4.79 Å². The van der Waals surface area contributed by atoms with Crippen LogP contribution in [0.4, 0.5) is 5.69 Å². The molecule has 3 nitrogen and oxygen atoms in total. The Balaban J connectivity index is 2.31. The minimum Gasteiger partial charge on any atom is -0.478 e. The predicted octanol–water partition coefficient (Wildman–Crippen LogP) is 3.78. The van der Waals surface area contributed by atoms with Crippen LogP contribution in [-0.4, -0.2) is 18.1 Å². The molecule has 0 spiro atoms. The van der Waals surface area contributed by atoms with Gasteiger partial charge < -0.3 is 10.0 Å². The molecule has 0 unspecified atom stereocenters. The van der Waals surface area contributed by atoms with Crippen LogP contribution < -0.4 is 4.90 Å². The molecule has 0 aliphatic carbocycles. The smallest absolute Gasteiger partial charge is 0.338 e. The fraction of sp³-hybridized carbons (Fsp3) is 0.133. The molecule has 0 aliphatic rings. The number of anilines is 1. The molecule has 0 fully saturated rings. The molecule has 0 bridgehead atoms. The fourth-order valence-electron chi connectivity index (χ4n) is 1.99. The van der Waals surface area contributed by atoms with E-state index in [0.29, 0.717) is 22.3 Å². The SMILES string of the molecule is CN(Cc1ccccc1)c1cccc(Br)c1C(=O)O. The maximum Gasteiger partial charge on any atom is 0.338 e. The van der Waals surface area contributed by atoms with Crippen LogP contribution in [0.2, 0.25) is 0 Å². The summed E-state index contributed by atoms with van der Waals surface area (Å²) in [5.74, 6) is -0.928. The fourth-order valence-corrected chi connectivity index (χ4v) is 2.51. The van der Waals surface area contributed by atoms with Crippen LogP contribution in [0.3, 0.4) is 0 Å². The van der Waals surface area contributed by atoms with Gasteiger partial charge in [-0.2, -0.15) is 0 Å². The highest BCUT2D eigenvalue weighted by Gasteiger charge is 2.16. The van der Waals surface area contributed by atoms with E-state index in [1.165, 1.54) is 0 Å². The lowest BCUT2D eigenvalue weighted by molar-refractivity contribution is 0.0696. The van der Waals surface area contributed by atoms with Crippen LogP contribution in [0.5, 0.6) is 0 Å². The summed E-state index contributed by atoms with van der Waals surface area (Å²) in [4.78, 5) is 13.3. The molecule has 0 aromatic heterocycles. The number of carboxylic acids is 1. The molecule has 0 heterocycles. The third kappa shape index (κ3) is 3.15. The monoisotopic (exact) mass is 319 g/mol. The standard InChI is InChI=1S/C15H14BrNO2/c1-17(10-11-6-3-2-4-7-11)13-9-5-8-12(16)14(13)15(18)19/h2-9H,10H2,1H3,(H,18,19). The summed E-state index contributed by atoms with van der Waals surface area (Å²) in [6.45, 7) is 0.664. The molecule has 2 aromatic rings. The highest BCUT2D eigenvalue weighted by molar-refractivity contribution is 9.10. The van der Waals surface area contributed by atoms with Crippen molar-refractivity contribution in [2.75, 3.05) is 11.9 Å². The molecule has 0 saturated carbocycles. The first-order valence-electron chi connectivity index (χ1n) is 5.86. The van der Waals surface area contributed by atoms with Crippen LogP contribution in [-0.2, 0) is 6.54 Å². The van der Waals surface area contributed by atoms with Gasteiger partial charge in [0.1, 0.15) is 0 Å². The van der Waals surface area contributed by atoms with Gasteiger partial charge in [-0.15, -0.1) is 0 Å². The van der Waals surface area contributed by atoms with E-state index in [1.54, 1.807) is 6.07 Å². The van der Waals surface area contributed by atoms with Crippen molar-refractivity contribution in [3.63, 3.8) is 0 Å². The second-order valence-corrected chi connectivity index (χ2v) is 5.14. The Kier molecular flexibility index (Phi) is 4.22. The Morgan fingerprint density at radius 3 is 2.47 bits per heavy atom. The zero-order chi connectivity index (χ0) is 13.8. The van der Waals surface area contributed by atoms with E-state index >= 15 is 0 Å². The van der Waals surface area contributed by atoms with E-state index in [-0.39, 0.29) is 0 Å². The Morgan fingerprint density at radius 1 is 1.16 bits per heavy atom. The van der Waals surface area contributed by atoms with E-state index in [0.717, 1.165) is 5.56 Å². The molecule has 19 heavy (non-hydrogen) atoms. The average molecular weight is 320 g/mol. The lowest BCUT2D eigenvalue weighted by Gasteiger charge is -2.22. The summed E-state index contributed by atoms with van der Waals surface area (Å²) in [5.41, 5.74) is 2.13. The Hall–Kier alpha value is -1.81. The maximum absolute atomic E-state index is 11.3. The van der Waals surface area contributed by atoms with Crippen LogP contribution in [0.25, 0.3) is 0 Å². The van der Waals surface area contributed by atoms with Crippen LogP contribution >= 0.6 is 15.9 Å². The largest absolute Gasteiger partial charge is 0.478 e. The highest BCUT2D eigenvalue weighted by Crippen LogP contribution is 2.28. The molecule has 2 rings (SSSR count). The third-order valence-corrected chi connectivity index (χ3v) is 3.54. The molecular formula is C15H14BrNO2. The number of carboxylic acid groups (broad SMARTS) is 1. The van der Waals surface area contributed by atoms with E-state index in [9.17, 15) is 9.90 Å². The predicted molar refractivity (Wildman–Crippen MR) is 79.7 cm³/mol. The molecular weight excluding hydrogens is 306 g/mol. The topological polar surface area (TPSA) is 40.5 Å². The third-order valence-electron chi connectivity index (χ3n) is 2.88. The molecule has 1 N–H and O–H groups in total. The van der Waals surface area contributed by atoms with E-state index in [1.807, 2.05) is 54.4 Å². The normalized spacial score (nSPS) is 10.2. The molecule has 98 valence electrons. The number of halogens is 1. The van der Waals surface area contributed by atoms with Gasteiger partial charge in [0.2, 0.25) is 0 Å². The van der Waals surface area contributed by atoms with Crippen molar-refractivity contribution in [2.24, 2.45) is 0 Å². The lowest BCUT2D eigenvalue weighted by atomic mass is 10.1. The summed E-state index contributed by atoms with van der Waals surface area (Å²) in [6, 6.07) is 15.4. The van der Waals surface area contributed by atoms with Gasteiger partial charge in [-0.1, -0.05) is 36.4 Å². The van der Waals surface area contributed by atoms with E-state index in [2.05, 4.69) is 15.9 Å². The number of hydrogen-bond donors (Lipinski definition) is 1. The minimum absolute atomic E-state index is 0.293. The van der Waals surface area contributed by atoms with Crippen LogP contribution in [0.1, 0.15) is 15.9 Å². The second kappa shape index (κ2) is 5.89. The van der Waals surface area contributed by atoms with Crippen molar-refractivity contribution in [2.45, 2.75) is 6.54 Å². The molecule has 0 radical (unpaired) electrons. The first-order chi connectivity index (χ1) is 9.09. The highest BCUT2D eigenvalue weighted by atomic mass is 79.9. The molecule has 0 amide bonds. The zero-order valence-electron chi connectivity index (χ0n) is 10.5. The molecule has 0 aliphatic heterocycles. The number of nitrogens with zero attached hydrogens (tertiary/aromatic N) is 1. The van der Waals surface area contributed by atoms with Gasteiger partial charge in [0.05, 0.1) is 11.3 Å². The lowest BCUT2D eigenvalue weighted by Crippen LogP contribution is -2.19. The Bertz CT molecular complexity index is 584. The summed E-state index contributed by atoms with van der Waals surface area (Å²) < 4.78 is 0.595. The van der Waals surface area contributed by atoms with Crippen molar-refractivity contribution in [3.05, 3.63) is 64.1 Å². The first kappa shape index (κ1) is 13.6. The summed E-state index contributed by atoms with van der Waals surface area (Å²) >= 11 is 3.29. The summed E-state index contributed by atoms with van der Waals surface area (Å²) in [5, 5.41) is 9.30. The second-order valence-electron chi connectivity index (χ2n) is 4.28. The molecule has 0 saturated heterocycles. The summed E-state index contributed by atoms with van der Waals surface area (Å²) in [6.07, 6.45) is 0. The number of hydrogen-bond acceptors (Lipinski definition) is 2. The molecule has 4 heteroatoms. The van der Waals surface area contributed by atoms with Gasteiger partial charge in [-0.3, -0.25) is 0 Å². The molecule has 2 aromatic carbocycles. The van der Waals surface area contributed by atoms with Crippen molar-refractivity contribution in [1.29, 1.82) is 0 Å². The van der Waals surface area contributed by atoms with Gasteiger partial charge in [0.15, 0.2) is 0 Å². The Morgan fingerprint density at radius 2 is 1.84 bits per heavy atom. The minimum atomic E-state index is -0.928. The van der Waals surface area contributed by atoms with Crippen LogP contribution in [0, 0.1) is 0 Å². The van der Waals surface area contributed by atoms with E-state index < -0.39 is 5.97 Å². The number of carbonyl (C=O) groups is 1. The average Bonchev–Trinajstić information content (AvgIpc) is 2.39. The van der Waals surface area contributed by atoms with Crippen molar-refractivity contribution >= 4 is 27.6 Å². The van der Waals surface area contributed by atoms with Crippen molar-refractivity contribution in [3.8, 4) is 0 Å². The van der Waals surface area contributed by atoms with Crippen molar-refractivity contribution < 1.29 is 9.90 Å². The Labute approximate surface area is 120 Å². The first-order valence-corrected chi connectivity index (χ1v) is 6.66. The summed E-state index contributed by atoms with van der Waals surface area (Å²) in [7, 11) is 1.89. The number of aromatic carboxylic acids is 1. The number of rotatable bonds is 4. The maximum atomic E-state index is 11.3. The van der Waals surface area contributed by atoms with Gasteiger partial charge >= 0.3 is 5.97 Å². The van der Waals surface area contributed by atoms with E-state index in [4.69, 9.17) is 0 Å². The number of benzene rings is 2. The molecule has 0 atom stereocenters. The van der Waals surface area contributed by atoms with Crippen molar-refractivity contribution in [1.82, 2.24) is 0 Å². The van der Waals surface area contributed by atoms with Crippen LogP contribution in [0.15, 0.2) is 53.0 Å². The van der Waals surface area contributed by atoms with Gasteiger partial charge in [0.25, 0.3) is 0 Å². The van der Waals surface area contributed by atoms with Gasteiger partial charge in [-0.05, 0) is 33.6 Å². The zero-order valence-corrected chi connectivity index (χ0v) is 12.1. The van der Waals surface area contributed by atoms with Gasteiger partial charge in [0, 0.05) is 18.1 Å².